The van der Waals surface area contributed by atoms with E-state index in [-0.39, 0.29) is 0 Å². The largest absolute Gasteiger partial charge is 0.369 e. The van der Waals surface area contributed by atoms with Gasteiger partial charge in [-0.15, -0.1) is 0 Å². The molecule has 17 heavy (non-hydrogen) atoms. The molecule has 0 amide bonds. The molecule has 0 radical (unpaired) electrons. The van der Waals surface area contributed by atoms with Crippen molar-refractivity contribution in [3.8, 4) is 0 Å². The van der Waals surface area contributed by atoms with Crippen LogP contribution in [0.2, 0.25) is 0 Å². The lowest BCUT2D eigenvalue weighted by Gasteiger charge is -2.19. The molecule has 5 heteroatoms. The molecule has 0 saturated heterocycles. The van der Waals surface area contributed by atoms with Gasteiger partial charge in [-0.25, -0.2) is 4.98 Å². The molecule has 0 spiro atoms. The van der Waals surface area contributed by atoms with Crippen LogP contribution < -0.4 is 10.6 Å². The van der Waals surface area contributed by atoms with Crippen LogP contribution in [0.3, 0.4) is 0 Å². The Morgan fingerprint density at radius 1 is 1.35 bits per heavy atom. The van der Waals surface area contributed by atoms with E-state index in [1.165, 1.54) is 19.3 Å². The van der Waals surface area contributed by atoms with Crippen molar-refractivity contribution in [2.45, 2.75) is 37.5 Å². The van der Waals surface area contributed by atoms with Crippen LogP contribution in [0.1, 0.15) is 26.2 Å². The summed E-state index contributed by atoms with van der Waals surface area (Å²) in [6.07, 6.45) is 9.60. The lowest BCUT2D eigenvalue weighted by molar-refractivity contribution is 0.762. The summed E-state index contributed by atoms with van der Waals surface area (Å²) < 4.78 is 0. The summed E-state index contributed by atoms with van der Waals surface area (Å²) >= 11 is 1.95. The zero-order valence-electron chi connectivity index (χ0n) is 10.4. The van der Waals surface area contributed by atoms with Gasteiger partial charge in [-0.3, -0.25) is 4.98 Å². The molecular weight excluding hydrogens is 232 g/mol. The molecule has 0 bridgehead atoms. The van der Waals surface area contributed by atoms with E-state index < -0.39 is 0 Å². The van der Waals surface area contributed by atoms with Gasteiger partial charge in [0.05, 0.1) is 12.4 Å². The van der Waals surface area contributed by atoms with Crippen molar-refractivity contribution in [3.63, 3.8) is 0 Å². The third kappa shape index (κ3) is 3.25. The van der Waals surface area contributed by atoms with Crippen molar-refractivity contribution < 1.29 is 0 Å². The quantitative estimate of drug-likeness (QED) is 0.843. The molecule has 1 aromatic rings. The predicted octanol–water partition coefficient (Wildman–Crippen LogP) is 2.60. The average Bonchev–Trinajstić information content (AvgIpc) is 2.77. The first kappa shape index (κ1) is 12.5. The molecule has 94 valence electrons. The summed E-state index contributed by atoms with van der Waals surface area (Å²) in [6.45, 7) is 2.93. The highest BCUT2D eigenvalue weighted by Gasteiger charge is 2.26. The molecule has 0 aliphatic heterocycles. The number of rotatable bonds is 5. The van der Waals surface area contributed by atoms with Crippen LogP contribution in [-0.4, -0.2) is 34.1 Å². The smallest absolute Gasteiger partial charge is 0.147 e. The van der Waals surface area contributed by atoms with Crippen LogP contribution in [0.4, 0.5) is 11.6 Å². The van der Waals surface area contributed by atoms with Crippen molar-refractivity contribution in [1.29, 1.82) is 0 Å². The highest BCUT2D eigenvalue weighted by atomic mass is 32.2. The van der Waals surface area contributed by atoms with E-state index in [1.807, 2.05) is 11.8 Å². The van der Waals surface area contributed by atoms with E-state index in [4.69, 9.17) is 0 Å². The summed E-state index contributed by atoms with van der Waals surface area (Å²) in [5.74, 6) is 1.73. The predicted molar refractivity (Wildman–Crippen MR) is 74.8 cm³/mol. The summed E-state index contributed by atoms with van der Waals surface area (Å²) in [5.41, 5.74) is 0. The highest BCUT2D eigenvalue weighted by molar-refractivity contribution is 7.99. The maximum absolute atomic E-state index is 4.50. The van der Waals surface area contributed by atoms with Gasteiger partial charge >= 0.3 is 0 Å². The van der Waals surface area contributed by atoms with E-state index in [9.17, 15) is 0 Å². The maximum atomic E-state index is 4.50. The van der Waals surface area contributed by atoms with Crippen LogP contribution in [0, 0.1) is 0 Å². The van der Waals surface area contributed by atoms with E-state index in [1.54, 1.807) is 12.4 Å². The van der Waals surface area contributed by atoms with Gasteiger partial charge in [-0.2, -0.15) is 11.8 Å². The minimum Gasteiger partial charge on any atom is -0.369 e. The Morgan fingerprint density at radius 2 is 2.18 bits per heavy atom. The third-order valence-corrected chi connectivity index (χ3v) is 4.25. The molecule has 0 aromatic carbocycles. The monoisotopic (exact) mass is 252 g/mol. The number of thioether (sulfide) groups is 1. The zero-order chi connectivity index (χ0) is 12.1. The standard InChI is InChI=1S/C12H20N4S/c1-3-14-11-7-13-8-12(16-11)15-9-5-4-6-10(9)17-2/h7-10H,3-6H2,1-2H3,(H2,14,15,16). The van der Waals surface area contributed by atoms with Crippen molar-refractivity contribution >= 4 is 23.4 Å². The normalized spacial score (nSPS) is 23.6. The fourth-order valence-electron chi connectivity index (χ4n) is 2.27. The number of hydrogen-bond donors (Lipinski definition) is 2. The molecule has 2 unspecified atom stereocenters. The molecule has 1 saturated carbocycles. The Bertz CT molecular complexity index is 358. The molecule has 4 nitrogen and oxygen atoms in total. The summed E-state index contributed by atoms with van der Waals surface area (Å²) in [7, 11) is 0. The molecule has 1 aliphatic rings. The summed E-state index contributed by atoms with van der Waals surface area (Å²) in [5, 5.41) is 7.39. The molecular formula is C12H20N4S. The van der Waals surface area contributed by atoms with Crippen LogP contribution in [0.15, 0.2) is 12.4 Å². The van der Waals surface area contributed by atoms with Crippen molar-refractivity contribution in [2.24, 2.45) is 0 Å². The van der Waals surface area contributed by atoms with Crippen molar-refractivity contribution in [1.82, 2.24) is 9.97 Å². The van der Waals surface area contributed by atoms with Gasteiger partial charge in [0.1, 0.15) is 11.6 Å². The van der Waals surface area contributed by atoms with Crippen LogP contribution >= 0.6 is 11.8 Å². The first-order chi connectivity index (χ1) is 8.33. The van der Waals surface area contributed by atoms with Gasteiger partial charge < -0.3 is 10.6 Å². The maximum Gasteiger partial charge on any atom is 0.147 e. The minimum absolute atomic E-state index is 0.538. The topological polar surface area (TPSA) is 49.8 Å². The molecule has 2 N–H and O–H groups in total. The molecule has 1 aromatic heterocycles. The van der Waals surface area contributed by atoms with E-state index in [2.05, 4.69) is 33.8 Å². The second-order valence-electron chi connectivity index (χ2n) is 4.28. The Labute approximate surface area is 107 Å². The van der Waals surface area contributed by atoms with Gasteiger partial charge in [0.2, 0.25) is 0 Å². The lowest BCUT2D eigenvalue weighted by Crippen LogP contribution is -2.26. The number of hydrogen-bond acceptors (Lipinski definition) is 5. The Balaban J connectivity index is 2.00. The SMILES string of the molecule is CCNc1cncc(NC2CCCC2SC)n1. The minimum atomic E-state index is 0.538. The van der Waals surface area contributed by atoms with Crippen LogP contribution in [0.5, 0.6) is 0 Å². The van der Waals surface area contributed by atoms with Gasteiger partial charge in [-0.1, -0.05) is 6.42 Å². The highest BCUT2D eigenvalue weighted by Crippen LogP contribution is 2.30. The first-order valence-corrected chi connectivity index (χ1v) is 7.47. The van der Waals surface area contributed by atoms with Gasteiger partial charge in [-0.05, 0) is 26.0 Å². The zero-order valence-corrected chi connectivity index (χ0v) is 11.3. The lowest BCUT2D eigenvalue weighted by atomic mass is 10.2. The Hall–Kier alpha value is -0.970. The van der Waals surface area contributed by atoms with E-state index in [0.717, 1.165) is 18.2 Å². The number of anilines is 2. The molecule has 2 rings (SSSR count). The summed E-state index contributed by atoms with van der Waals surface area (Å²) in [4.78, 5) is 8.70. The number of nitrogens with one attached hydrogen (secondary N) is 2. The van der Waals surface area contributed by atoms with E-state index >= 15 is 0 Å². The average molecular weight is 252 g/mol. The van der Waals surface area contributed by atoms with Crippen molar-refractivity contribution in [3.05, 3.63) is 12.4 Å². The fraction of sp³-hybridized carbons (Fsp3) is 0.667. The molecule has 1 heterocycles. The second-order valence-corrected chi connectivity index (χ2v) is 5.35. The number of nitrogens with zero attached hydrogens (tertiary/aromatic N) is 2. The Kier molecular flexibility index (Phi) is 4.48. The van der Waals surface area contributed by atoms with Crippen LogP contribution in [0.25, 0.3) is 0 Å². The van der Waals surface area contributed by atoms with Crippen molar-refractivity contribution in [2.75, 3.05) is 23.4 Å². The fourth-order valence-corrected chi connectivity index (χ4v) is 3.20. The molecule has 2 atom stereocenters. The number of aromatic nitrogens is 2. The molecule has 1 fully saturated rings. The Morgan fingerprint density at radius 3 is 2.94 bits per heavy atom. The van der Waals surface area contributed by atoms with Gasteiger partial charge in [0.25, 0.3) is 0 Å². The van der Waals surface area contributed by atoms with Crippen LogP contribution in [-0.2, 0) is 0 Å². The van der Waals surface area contributed by atoms with E-state index in [0.29, 0.717) is 11.3 Å². The van der Waals surface area contributed by atoms with Gasteiger partial charge in [0.15, 0.2) is 0 Å². The molecule has 1 aliphatic carbocycles. The second kappa shape index (κ2) is 6.10. The summed E-state index contributed by atoms with van der Waals surface area (Å²) in [6, 6.07) is 0.538. The van der Waals surface area contributed by atoms with Gasteiger partial charge in [0, 0.05) is 17.8 Å². The first-order valence-electron chi connectivity index (χ1n) is 6.18. The third-order valence-electron chi connectivity index (χ3n) is 3.08.